The molecule has 1 unspecified atom stereocenters. The van der Waals surface area contributed by atoms with E-state index in [0.29, 0.717) is 0 Å². The lowest BCUT2D eigenvalue weighted by atomic mass is 9.89. The normalized spacial score (nSPS) is 13.2. The van der Waals surface area contributed by atoms with Crippen molar-refractivity contribution in [3.8, 4) is 6.07 Å². The summed E-state index contributed by atoms with van der Waals surface area (Å²) in [4.78, 5) is 3.76. The fourth-order valence-corrected chi connectivity index (χ4v) is 2.27. The molecule has 0 aliphatic rings. The Morgan fingerprint density at radius 2 is 1.76 bits per heavy atom. The highest BCUT2D eigenvalue weighted by Gasteiger charge is 2.42. The Morgan fingerprint density at radius 1 is 1.24 bits per heavy atom. The van der Waals surface area contributed by atoms with Gasteiger partial charge in [-0.2, -0.15) is 23.5 Å². The molecule has 25 heavy (non-hydrogen) atoms. The van der Waals surface area contributed by atoms with Crippen molar-refractivity contribution in [2.75, 3.05) is 0 Å². The number of hydrogen-bond acceptors (Lipinski definition) is 3. The molecule has 0 aromatic carbocycles. The van der Waals surface area contributed by atoms with Crippen LogP contribution in [0.15, 0.2) is 6.20 Å². The highest BCUT2D eigenvalue weighted by Crippen LogP contribution is 2.42. The van der Waals surface area contributed by atoms with Gasteiger partial charge in [-0.1, -0.05) is 27.2 Å². The van der Waals surface area contributed by atoms with Gasteiger partial charge in [0.25, 0.3) is 0 Å². The van der Waals surface area contributed by atoms with Crippen LogP contribution in [0.3, 0.4) is 0 Å². The summed E-state index contributed by atoms with van der Waals surface area (Å²) < 4.78 is 55.2. The van der Waals surface area contributed by atoms with Crippen molar-refractivity contribution >= 4 is 5.52 Å². The molecule has 2 aromatic heterocycles. The van der Waals surface area contributed by atoms with E-state index in [0.717, 1.165) is 10.7 Å². The van der Waals surface area contributed by atoms with Crippen LogP contribution < -0.4 is 0 Å². The minimum absolute atomic E-state index is 0.0946. The van der Waals surface area contributed by atoms with E-state index in [1.165, 1.54) is 34.1 Å². The maximum absolute atomic E-state index is 14.3. The van der Waals surface area contributed by atoms with Gasteiger partial charge in [0.15, 0.2) is 0 Å². The van der Waals surface area contributed by atoms with Gasteiger partial charge in [0.1, 0.15) is 23.1 Å². The number of nitriles is 1. The summed E-state index contributed by atoms with van der Waals surface area (Å²) in [5, 5.41) is 13.2. The lowest BCUT2D eigenvalue weighted by Crippen LogP contribution is -2.24. The number of fused-ring (bicyclic) bond motifs is 1. The van der Waals surface area contributed by atoms with Gasteiger partial charge in [0.2, 0.25) is 0 Å². The molecule has 0 saturated heterocycles. The van der Waals surface area contributed by atoms with Crippen molar-refractivity contribution in [3.63, 3.8) is 0 Å². The predicted molar refractivity (Wildman–Crippen MR) is 87.0 cm³/mol. The second kappa shape index (κ2) is 7.38. The van der Waals surface area contributed by atoms with Crippen LogP contribution in [0.2, 0.25) is 0 Å². The minimum Gasteiger partial charge on any atom is -0.244 e. The molecule has 2 aromatic rings. The summed E-state index contributed by atoms with van der Waals surface area (Å²) in [7, 11) is 0. The molecule has 0 spiro atoms. The Hall–Kier alpha value is -2.17. The second-order valence-corrected chi connectivity index (χ2v) is 6.34. The Balaban J connectivity index is 0.000000970. The number of hydrogen-bond donors (Lipinski definition) is 0. The van der Waals surface area contributed by atoms with E-state index >= 15 is 0 Å². The molecule has 8 heteroatoms. The Bertz CT molecular complexity index is 779. The monoisotopic (exact) mass is 358 g/mol. The fraction of sp³-hybridized carbons (Fsp3) is 0.588. The van der Waals surface area contributed by atoms with Crippen LogP contribution in [0.4, 0.5) is 17.6 Å². The topological polar surface area (TPSA) is 54.0 Å². The summed E-state index contributed by atoms with van der Waals surface area (Å²) >= 11 is 0. The first-order valence-electron chi connectivity index (χ1n) is 7.94. The van der Waals surface area contributed by atoms with Crippen molar-refractivity contribution in [1.29, 1.82) is 5.26 Å². The summed E-state index contributed by atoms with van der Waals surface area (Å²) in [5.41, 5.74) is -3.99. The number of halogens is 4. The van der Waals surface area contributed by atoms with Crippen LogP contribution in [0, 0.1) is 18.3 Å². The third-order valence-electron chi connectivity index (χ3n) is 3.67. The molecule has 1 atom stereocenters. The smallest absolute Gasteiger partial charge is 0.244 e. The molecule has 0 bridgehead atoms. The summed E-state index contributed by atoms with van der Waals surface area (Å²) in [6.45, 7) is 9.69. The zero-order valence-corrected chi connectivity index (χ0v) is 15.2. The van der Waals surface area contributed by atoms with Crippen LogP contribution in [-0.2, 0) is 6.18 Å². The van der Waals surface area contributed by atoms with Crippen LogP contribution >= 0.6 is 0 Å². The molecule has 0 aliphatic carbocycles. The molecule has 2 heterocycles. The summed E-state index contributed by atoms with van der Waals surface area (Å²) in [5.74, 6) is -0.731. The number of aromatic nitrogens is 3. The highest BCUT2D eigenvalue weighted by molar-refractivity contribution is 5.66. The summed E-state index contributed by atoms with van der Waals surface area (Å²) in [6, 6.07) is 1.56. The maximum Gasteiger partial charge on any atom is 0.419 e. The third-order valence-corrected chi connectivity index (χ3v) is 3.67. The van der Waals surface area contributed by atoms with Crippen LogP contribution in [0.25, 0.3) is 5.52 Å². The van der Waals surface area contributed by atoms with E-state index in [1.54, 1.807) is 6.07 Å². The quantitative estimate of drug-likeness (QED) is 0.694. The molecule has 138 valence electrons. The Kier molecular flexibility index (Phi) is 6.16. The average molecular weight is 358 g/mol. The van der Waals surface area contributed by atoms with Crippen molar-refractivity contribution in [2.45, 2.75) is 65.7 Å². The SMILES string of the molecule is CCC.Cc1ncc2c(C(F)(F)F)c(C#N)c(C(C)C(C)(C)F)n2n1. The van der Waals surface area contributed by atoms with E-state index < -0.39 is 28.9 Å². The number of aryl methyl sites for hydroxylation is 1. The van der Waals surface area contributed by atoms with Crippen LogP contribution in [-0.4, -0.2) is 20.3 Å². The van der Waals surface area contributed by atoms with Crippen LogP contribution in [0.5, 0.6) is 0 Å². The van der Waals surface area contributed by atoms with E-state index in [-0.39, 0.29) is 17.0 Å². The molecule has 4 nitrogen and oxygen atoms in total. The van der Waals surface area contributed by atoms with Crippen molar-refractivity contribution < 1.29 is 17.6 Å². The lowest BCUT2D eigenvalue weighted by Gasteiger charge is -2.23. The predicted octanol–water partition coefficient (Wildman–Crippen LogP) is 5.20. The lowest BCUT2D eigenvalue weighted by molar-refractivity contribution is -0.136. The molecule has 0 fully saturated rings. The van der Waals surface area contributed by atoms with Gasteiger partial charge in [0, 0.05) is 5.92 Å². The van der Waals surface area contributed by atoms with Gasteiger partial charge in [-0.05, 0) is 20.8 Å². The van der Waals surface area contributed by atoms with E-state index in [9.17, 15) is 22.8 Å². The molecule has 0 N–H and O–H groups in total. The fourth-order valence-electron chi connectivity index (χ4n) is 2.27. The van der Waals surface area contributed by atoms with Gasteiger partial charge >= 0.3 is 6.18 Å². The zero-order chi connectivity index (χ0) is 19.6. The molecular formula is C17H22F4N4. The second-order valence-electron chi connectivity index (χ2n) is 6.34. The Morgan fingerprint density at radius 3 is 2.16 bits per heavy atom. The average Bonchev–Trinajstić information content (AvgIpc) is 2.79. The largest absolute Gasteiger partial charge is 0.419 e. The van der Waals surface area contributed by atoms with Crippen LogP contribution in [0.1, 0.15) is 69.6 Å². The van der Waals surface area contributed by atoms with Gasteiger partial charge in [-0.3, -0.25) is 0 Å². The first kappa shape index (κ1) is 20.9. The molecule has 0 saturated carbocycles. The summed E-state index contributed by atoms with van der Waals surface area (Å²) in [6.07, 6.45) is -2.50. The Labute approximate surface area is 144 Å². The first-order chi connectivity index (χ1) is 11.4. The van der Waals surface area contributed by atoms with E-state index in [4.69, 9.17) is 0 Å². The van der Waals surface area contributed by atoms with E-state index in [2.05, 4.69) is 23.9 Å². The molecule has 0 aliphatic heterocycles. The number of alkyl halides is 4. The minimum atomic E-state index is -4.76. The first-order valence-corrected chi connectivity index (χ1v) is 7.94. The third kappa shape index (κ3) is 4.27. The van der Waals surface area contributed by atoms with Gasteiger partial charge in [0.05, 0.1) is 23.0 Å². The van der Waals surface area contributed by atoms with Gasteiger partial charge in [-0.25, -0.2) is 13.9 Å². The van der Waals surface area contributed by atoms with E-state index in [1.807, 2.05) is 0 Å². The van der Waals surface area contributed by atoms with Gasteiger partial charge in [-0.15, -0.1) is 0 Å². The van der Waals surface area contributed by atoms with Crippen molar-refractivity contribution in [2.24, 2.45) is 0 Å². The number of nitrogens with zero attached hydrogens (tertiary/aromatic N) is 4. The molecule has 0 amide bonds. The van der Waals surface area contributed by atoms with Crippen molar-refractivity contribution in [3.05, 3.63) is 28.8 Å². The number of rotatable bonds is 2. The standard InChI is InChI=1S/C14H14F4N4.C3H8/c1-7(13(3,4)15)12-9(5-19)11(14(16,17)18)10-6-20-8(2)21-22(10)12;1-3-2/h6-7H,1-4H3;3H2,1-2H3. The molecule has 0 radical (unpaired) electrons. The zero-order valence-electron chi connectivity index (χ0n) is 15.2. The maximum atomic E-state index is 14.3. The highest BCUT2D eigenvalue weighted by atomic mass is 19.4. The molecular weight excluding hydrogens is 336 g/mol. The van der Waals surface area contributed by atoms with Crippen molar-refractivity contribution in [1.82, 2.24) is 14.6 Å². The van der Waals surface area contributed by atoms with Gasteiger partial charge < -0.3 is 0 Å². The molecule has 2 rings (SSSR count).